The van der Waals surface area contributed by atoms with E-state index in [-0.39, 0.29) is 25.8 Å². The molecule has 1 aromatic carbocycles. The Labute approximate surface area is 80.8 Å². The first kappa shape index (κ1) is 8.32. The van der Waals surface area contributed by atoms with Gasteiger partial charge in [0, 0.05) is 25.8 Å². The summed E-state index contributed by atoms with van der Waals surface area (Å²) in [6.07, 6.45) is 5.44. The first-order valence-corrected chi connectivity index (χ1v) is 3.70. The fourth-order valence-electron chi connectivity index (χ4n) is 1.61. The van der Waals surface area contributed by atoms with E-state index < -0.39 is 0 Å². The Balaban J connectivity index is 0.000000500. The van der Waals surface area contributed by atoms with Gasteiger partial charge in [-0.15, -0.1) is 0 Å². The molecule has 0 bridgehead atoms. The summed E-state index contributed by atoms with van der Waals surface area (Å²) in [5.41, 5.74) is 3.20. The van der Waals surface area contributed by atoms with Crippen LogP contribution in [0.4, 0.5) is 0 Å². The van der Waals surface area contributed by atoms with Crippen molar-refractivity contribution in [2.75, 3.05) is 0 Å². The number of fused-ring (bicyclic) bond motifs is 1. The molecule has 0 radical (unpaired) electrons. The molecule has 2 rings (SSSR count). The number of hydrogen-bond donors (Lipinski definition) is 0. The van der Waals surface area contributed by atoms with Crippen LogP contribution in [0.2, 0.25) is 0 Å². The SMILES string of the molecule is [Hf].c1cc2c([cH-]1)CCCC2. The molecule has 0 aliphatic heterocycles. The molecule has 0 nitrogen and oxygen atoms in total. The van der Waals surface area contributed by atoms with Crippen molar-refractivity contribution in [3.63, 3.8) is 0 Å². The van der Waals surface area contributed by atoms with Crippen LogP contribution in [0.5, 0.6) is 0 Å². The van der Waals surface area contributed by atoms with Crippen LogP contribution in [-0.4, -0.2) is 0 Å². The Hall–Kier alpha value is 0.220. The monoisotopic (exact) mass is 299 g/mol. The molecule has 0 spiro atoms. The summed E-state index contributed by atoms with van der Waals surface area (Å²) in [6.45, 7) is 0. The minimum Gasteiger partial charge on any atom is -0.210 e. The van der Waals surface area contributed by atoms with Crippen molar-refractivity contribution >= 4 is 0 Å². The van der Waals surface area contributed by atoms with Gasteiger partial charge in [0.15, 0.2) is 0 Å². The van der Waals surface area contributed by atoms with E-state index >= 15 is 0 Å². The van der Waals surface area contributed by atoms with E-state index in [1.165, 1.54) is 25.7 Å². The molecule has 0 aromatic heterocycles. The van der Waals surface area contributed by atoms with Gasteiger partial charge in [0.25, 0.3) is 0 Å². The van der Waals surface area contributed by atoms with Crippen molar-refractivity contribution in [1.29, 1.82) is 0 Å². The van der Waals surface area contributed by atoms with Crippen LogP contribution in [0.1, 0.15) is 24.0 Å². The molecule has 10 heavy (non-hydrogen) atoms. The Bertz CT molecular complexity index is 180. The average molecular weight is 298 g/mol. The molecule has 1 aliphatic carbocycles. The molecule has 0 fully saturated rings. The standard InChI is InChI=1S/C9H11.Hf/c1-2-5-9-7-3-6-8(9)4-1;/h3,6-7H,1-2,4-5H2;/q-1;. The largest absolute Gasteiger partial charge is 0.210 e. The summed E-state index contributed by atoms with van der Waals surface area (Å²) in [6, 6.07) is 6.69. The molecule has 0 amide bonds. The van der Waals surface area contributed by atoms with Gasteiger partial charge in [-0.1, -0.05) is 25.7 Å². The minimum atomic E-state index is 0. The Kier molecular flexibility index (Phi) is 2.97. The summed E-state index contributed by atoms with van der Waals surface area (Å²) in [5.74, 6) is 0. The topological polar surface area (TPSA) is 0 Å². The van der Waals surface area contributed by atoms with Crippen LogP contribution < -0.4 is 0 Å². The molecule has 0 atom stereocenters. The molecule has 0 heterocycles. The van der Waals surface area contributed by atoms with Crippen molar-refractivity contribution in [2.45, 2.75) is 25.7 Å². The van der Waals surface area contributed by atoms with Gasteiger partial charge in [-0.2, -0.15) is 23.3 Å². The molecular weight excluding hydrogens is 287 g/mol. The van der Waals surface area contributed by atoms with E-state index in [0.717, 1.165) is 0 Å². The first-order valence-electron chi connectivity index (χ1n) is 3.70. The maximum atomic E-state index is 2.26. The maximum absolute atomic E-state index is 2.26. The van der Waals surface area contributed by atoms with Gasteiger partial charge in [-0.25, -0.2) is 6.07 Å². The third kappa shape index (κ3) is 1.45. The molecule has 1 heteroatoms. The third-order valence-electron chi connectivity index (χ3n) is 2.15. The summed E-state index contributed by atoms with van der Waals surface area (Å²) >= 11 is 0. The third-order valence-corrected chi connectivity index (χ3v) is 2.15. The second-order valence-corrected chi connectivity index (χ2v) is 2.78. The van der Waals surface area contributed by atoms with Crippen LogP contribution in [0.3, 0.4) is 0 Å². The molecular formula is C9H11Hf-. The van der Waals surface area contributed by atoms with Crippen LogP contribution in [0.25, 0.3) is 0 Å². The number of rotatable bonds is 0. The predicted molar refractivity (Wildman–Crippen MR) is 38.7 cm³/mol. The number of hydrogen-bond acceptors (Lipinski definition) is 0. The van der Waals surface area contributed by atoms with Crippen LogP contribution >= 0.6 is 0 Å². The van der Waals surface area contributed by atoms with Gasteiger partial charge in [0.05, 0.1) is 0 Å². The Morgan fingerprint density at radius 1 is 1.20 bits per heavy atom. The van der Waals surface area contributed by atoms with E-state index in [2.05, 4.69) is 18.2 Å². The van der Waals surface area contributed by atoms with Crippen molar-refractivity contribution in [1.82, 2.24) is 0 Å². The Morgan fingerprint density at radius 2 is 2.00 bits per heavy atom. The van der Waals surface area contributed by atoms with Gasteiger partial charge in [0.2, 0.25) is 0 Å². The average Bonchev–Trinajstić information content (AvgIpc) is 2.33. The second kappa shape index (κ2) is 3.56. The second-order valence-electron chi connectivity index (χ2n) is 2.78. The van der Waals surface area contributed by atoms with Crippen LogP contribution in [-0.2, 0) is 38.7 Å². The predicted octanol–water partition coefficient (Wildman–Crippen LogP) is 2.28. The Morgan fingerprint density at radius 3 is 2.80 bits per heavy atom. The van der Waals surface area contributed by atoms with Crippen molar-refractivity contribution in [3.8, 4) is 0 Å². The van der Waals surface area contributed by atoms with E-state index in [9.17, 15) is 0 Å². The minimum absolute atomic E-state index is 0. The fourth-order valence-corrected chi connectivity index (χ4v) is 1.61. The van der Waals surface area contributed by atoms with Crippen molar-refractivity contribution in [3.05, 3.63) is 29.3 Å². The zero-order valence-electron chi connectivity index (χ0n) is 6.06. The molecule has 0 unspecified atom stereocenters. The maximum Gasteiger partial charge on any atom is 0 e. The van der Waals surface area contributed by atoms with E-state index in [1.54, 1.807) is 11.1 Å². The molecule has 52 valence electrons. The zero-order chi connectivity index (χ0) is 6.10. The summed E-state index contributed by atoms with van der Waals surface area (Å²) in [4.78, 5) is 0. The van der Waals surface area contributed by atoms with Gasteiger partial charge < -0.3 is 0 Å². The van der Waals surface area contributed by atoms with Crippen molar-refractivity contribution in [2.24, 2.45) is 0 Å². The molecule has 0 N–H and O–H groups in total. The molecule has 1 aliphatic rings. The smallest absolute Gasteiger partial charge is 0 e. The van der Waals surface area contributed by atoms with Gasteiger partial charge in [-0.3, -0.25) is 0 Å². The normalized spacial score (nSPS) is 15.6. The van der Waals surface area contributed by atoms with E-state index in [1.807, 2.05) is 0 Å². The van der Waals surface area contributed by atoms with Gasteiger partial charge in [0.1, 0.15) is 0 Å². The first-order chi connectivity index (χ1) is 4.47. The van der Waals surface area contributed by atoms with Gasteiger partial charge >= 0.3 is 0 Å². The van der Waals surface area contributed by atoms with E-state index in [4.69, 9.17) is 0 Å². The molecule has 0 saturated carbocycles. The van der Waals surface area contributed by atoms with Crippen LogP contribution in [0.15, 0.2) is 18.2 Å². The summed E-state index contributed by atoms with van der Waals surface area (Å²) < 4.78 is 0. The molecule has 0 saturated heterocycles. The number of aryl methyl sites for hydroxylation is 2. The zero-order valence-corrected chi connectivity index (χ0v) is 9.65. The van der Waals surface area contributed by atoms with Crippen molar-refractivity contribution < 1.29 is 25.8 Å². The summed E-state index contributed by atoms with van der Waals surface area (Å²) in [7, 11) is 0. The van der Waals surface area contributed by atoms with E-state index in [0.29, 0.717) is 0 Å². The van der Waals surface area contributed by atoms with Gasteiger partial charge in [-0.05, 0) is 0 Å². The quantitative estimate of drug-likeness (QED) is 0.509. The molecule has 1 aromatic rings. The summed E-state index contributed by atoms with van der Waals surface area (Å²) in [5, 5.41) is 0. The van der Waals surface area contributed by atoms with Crippen LogP contribution in [0, 0.1) is 0 Å². The fraction of sp³-hybridized carbons (Fsp3) is 0.444.